The number of hydrogen-bond acceptors (Lipinski definition) is 0. The van der Waals surface area contributed by atoms with Gasteiger partial charge in [-0.3, -0.25) is 0 Å². The van der Waals surface area contributed by atoms with Crippen molar-refractivity contribution in [3.05, 3.63) is 23.3 Å². The minimum atomic E-state index is 0.720. The first-order valence-electron chi connectivity index (χ1n) is 5.15. The molecule has 0 N–H and O–H groups in total. The van der Waals surface area contributed by atoms with Crippen LogP contribution >= 0.6 is 0 Å². The Balaban J connectivity index is 2.24. The van der Waals surface area contributed by atoms with Gasteiger partial charge in [-0.1, -0.05) is 32.9 Å². The molecule has 2 unspecified atom stereocenters. The van der Waals surface area contributed by atoms with Crippen LogP contribution in [0.15, 0.2) is 23.3 Å². The largest absolute Gasteiger partial charge is 0.0773 e. The summed E-state index contributed by atoms with van der Waals surface area (Å²) < 4.78 is 0. The van der Waals surface area contributed by atoms with Gasteiger partial charge < -0.3 is 0 Å². The molecule has 2 rings (SSSR count). The third-order valence-corrected chi connectivity index (χ3v) is 3.07. The number of rotatable bonds is 2. The van der Waals surface area contributed by atoms with E-state index in [0.29, 0.717) is 0 Å². The molecule has 1 saturated carbocycles. The van der Waals surface area contributed by atoms with Gasteiger partial charge in [0.25, 0.3) is 0 Å². The predicted molar refractivity (Wildman–Crippen MR) is 52.9 cm³/mol. The van der Waals surface area contributed by atoms with Crippen LogP contribution in [0.5, 0.6) is 0 Å². The highest BCUT2D eigenvalue weighted by Crippen LogP contribution is 2.48. The first-order chi connectivity index (χ1) is 5.72. The van der Waals surface area contributed by atoms with Crippen LogP contribution in [0.1, 0.15) is 33.6 Å². The highest BCUT2D eigenvalue weighted by atomic mass is 14.4. The molecule has 1 fully saturated rings. The van der Waals surface area contributed by atoms with Crippen LogP contribution in [0.4, 0.5) is 0 Å². The standard InChI is InChI=1S/C12H18/c1-4-9-5-10-6-11(10)7-12(9)8(2)3/h5,7-8,10-11H,4,6H2,1-3H3. The van der Waals surface area contributed by atoms with E-state index in [4.69, 9.17) is 0 Å². The summed E-state index contributed by atoms with van der Waals surface area (Å²) in [5.74, 6) is 2.55. The lowest BCUT2D eigenvalue weighted by atomic mass is 9.88. The molecule has 2 atom stereocenters. The van der Waals surface area contributed by atoms with E-state index in [0.717, 1.165) is 17.8 Å². The molecular formula is C12H18. The monoisotopic (exact) mass is 162 g/mol. The van der Waals surface area contributed by atoms with E-state index in [1.807, 2.05) is 0 Å². The zero-order valence-electron chi connectivity index (χ0n) is 8.30. The van der Waals surface area contributed by atoms with Crippen molar-refractivity contribution in [1.82, 2.24) is 0 Å². The van der Waals surface area contributed by atoms with Crippen LogP contribution in [0.3, 0.4) is 0 Å². The van der Waals surface area contributed by atoms with E-state index in [-0.39, 0.29) is 0 Å². The highest BCUT2D eigenvalue weighted by Gasteiger charge is 2.37. The highest BCUT2D eigenvalue weighted by molar-refractivity contribution is 5.40. The Labute approximate surface area is 75.4 Å². The summed E-state index contributed by atoms with van der Waals surface area (Å²) in [5.41, 5.74) is 3.24. The number of fused-ring (bicyclic) bond motifs is 1. The average molecular weight is 162 g/mol. The Morgan fingerprint density at radius 1 is 1.33 bits per heavy atom. The molecule has 66 valence electrons. The third-order valence-electron chi connectivity index (χ3n) is 3.07. The normalized spacial score (nSPS) is 32.7. The van der Waals surface area contributed by atoms with Gasteiger partial charge in [-0.05, 0) is 41.7 Å². The molecular weight excluding hydrogens is 144 g/mol. The topological polar surface area (TPSA) is 0 Å². The van der Waals surface area contributed by atoms with Crippen LogP contribution in [0.25, 0.3) is 0 Å². The van der Waals surface area contributed by atoms with Gasteiger partial charge in [0.05, 0.1) is 0 Å². The molecule has 0 aromatic rings. The summed E-state index contributed by atoms with van der Waals surface area (Å²) >= 11 is 0. The molecule has 0 heterocycles. The van der Waals surface area contributed by atoms with Crippen molar-refractivity contribution in [2.45, 2.75) is 33.6 Å². The van der Waals surface area contributed by atoms with E-state index in [9.17, 15) is 0 Å². The van der Waals surface area contributed by atoms with Gasteiger partial charge in [0.1, 0.15) is 0 Å². The van der Waals surface area contributed by atoms with Gasteiger partial charge in [-0.25, -0.2) is 0 Å². The van der Waals surface area contributed by atoms with Crippen molar-refractivity contribution in [1.29, 1.82) is 0 Å². The van der Waals surface area contributed by atoms with Crippen LogP contribution in [0.2, 0.25) is 0 Å². The Kier molecular flexibility index (Phi) is 1.86. The number of allylic oxidation sites excluding steroid dienone is 4. The second-order valence-corrected chi connectivity index (χ2v) is 4.39. The van der Waals surface area contributed by atoms with Crippen molar-refractivity contribution in [3.8, 4) is 0 Å². The van der Waals surface area contributed by atoms with Gasteiger partial charge in [-0.15, -0.1) is 0 Å². The smallest absolute Gasteiger partial charge is 0.0158 e. The van der Waals surface area contributed by atoms with E-state index >= 15 is 0 Å². The first-order valence-corrected chi connectivity index (χ1v) is 5.15. The zero-order chi connectivity index (χ0) is 8.72. The molecule has 0 amide bonds. The fourth-order valence-electron chi connectivity index (χ4n) is 2.20. The van der Waals surface area contributed by atoms with Crippen LogP contribution in [-0.2, 0) is 0 Å². The van der Waals surface area contributed by atoms with Crippen molar-refractivity contribution >= 4 is 0 Å². The summed E-state index contributed by atoms with van der Waals surface area (Å²) in [4.78, 5) is 0. The Bertz CT molecular complexity index is 243. The second-order valence-electron chi connectivity index (χ2n) is 4.39. The van der Waals surface area contributed by atoms with Crippen molar-refractivity contribution in [3.63, 3.8) is 0 Å². The van der Waals surface area contributed by atoms with Gasteiger partial charge in [0.2, 0.25) is 0 Å². The summed E-state index contributed by atoms with van der Waals surface area (Å²) in [6.45, 7) is 6.88. The Hall–Kier alpha value is -0.520. The molecule has 2 aliphatic carbocycles. The molecule has 12 heavy (non-hydrogen) atoms. The fraction of sp³-hybridized carbons (Fsp3) is 0.667. The van der Waals surface area contributed by atoms with Gasteiger partial charge >= 0.3 is 0 Å². The summed E-state index contributed by atoms with van der Waals surface area (Å²) in [7, 11) is 0. The Morgan fingerprint density at radius 2 is 2.00 bits per heavy atom. The van der Waals surface area contributed by atoms with Gasteiger partial charge in [-0.2, -0.15) is 0 Å². The molecule has 0 aromatic carbocycles. The molecule has 0 spiro atoms. The maximum atomic E-state index is 2.52. The third kappa shape index (κ3) is 1.24. The molecule has 0 heteroatoms. The Morgan fingerprint density at radius 3 is 2.58 bits per heavy atom. The summed E-state index contributed by atoms with van der Waals surface area (Å²) in [5, 5.41) is 0. The predicted octanol–water partition coefficient (Wildman–Crippen LogP) is 3.55. The van der Waals surface area contributed by atoms with Gasteiger partial charge in [0, 0.05) is 0 Å². The van der Waals surface area contributed by atoms with Crippen LogP contribution in [0, 0.1) is 17.8 Å². The second kappa shape index (κ2) is 2.76. The zero-order valence-corrected chi connectivity index (χ0v) is 8.30. The SMILES string of the molecule is CCC1=CC2CC2C=C1C(C)C. The van der Waals surface area contributed by atoms with Crippen molar-refractivity contribution in [2.24, 2.45) is 17.8 Å². The molecule has 0 saturated heterocycles. The lowest BCUT2D eigenvalue weighted by Crippen LogP contribution is -2.02. The molecule has 0 nitrogen and oxygen atoms in total. The number of hydrogen-bond donors (Lipinski definition) is 0. The van der Waals surface area contributed by atoms with E-state index < -0.39 is 0 Å². The van der Waals surface area contributed by atoms with Gasteiger partial charge in [0.15, 0.2) is 0 Å². The lowest BCUT2D eigenvalue weighted by molar-refractivity contribution is 0.738. The van der Waals surface area contributed by atoms with E-state index in [1.54, 1.807) is 11.1 Å². The summed E-state index contributed by atoms with van der Waals surface area (Å²) in [6.07, 6.45) is 7.67. The minimum absolute atomic E-state index is 0.720. The maximum Gasteiger partial charge on any atom is -0.0158 e. The van der Waals surface area contributed by atoms with Crippen LogP contribution < -0.4 is 0 Å². The van der Waals surface area contributed by atoms with Crippen molar-refractivity contribution < 1.29 is 0 Å². The molecule has 2 aliphatic rings. The molecule has 0 bridgehead atoms. The van der Waals surface area contributed by atoms with Crippen LogP contribution in [-0.4, -0.2) is 0 Å². The molecule has 0 aliphatic heterocycles. The van der Waals surface area contributed by atoms with E-state index in [2.05, 4.69) is 32.9 Å². The molecule has 0 aromatic heterocycles. The quantitative estimate of drug-likeness (QED) is 0.582. The maximum absolute atomic E-state index is 2.52. The van der Waals surface area contributed by atoms with E-state index in [1.165, 1.54) is 12.8 Å². The minimum Gasteiger partial charge on any atom is -0.0773 e. The van der Waals surface area contributed by atoms with Crippen molar-refractivity contribution in [2.75, 3.05) is 0 Å². The molecule has 0 radical (unpaired) electrons. The first kappa shape index (κ1) is 8.10. The fourth-order valence-corrected chi connectivity index (χ4v) is 2.20. The average Bonchev–Trinajstić information content (AvgIpc) is 2.79. The lowest BCUT2D eigenvalue weighted by Gasteiger charge is -2.17. The summed E-state index contributed by atoms with van der Waals surface area (Å²) in [6, 6.07) is 0.